The Labute approximate surface area is 127 Å². The molecule has 0 aliphatic rings. The molecule has 1 rings (SSSR count). The van der Waals surface area contributed by atoms with E-state index in [1.807, 2.05) is 26.8 Å². The summed E-state index contributed by atoms with van der Waals surface area (Å²) in [4.78, 5) is 12.7. The molecule has 2 N–H and O–H groups in total. The zero-order valence-corrected chi connectivity index (χ0v) is 14.0. The lowest BCUT2D eigenvalue weighted by Gasteiger charge is -2.19. The molecule has 4 nitrogen and oxygen atoms in total. The van der Waals surface area contributed by atoms with E-state index in [9.17, 15) is 4.79 Å². The predicted octanol–water partition coefficient (Wildman–Crippen LogP) is 3.52. The average Bonchev–Trinajstić information content (AvgIpc) is 2.67. The molecule has 0 fully saturated rings. The zero-order chi connectivity index (χ0) is 14.3. The van der Waals surface area contributed by atoms with Gasteiger partial charge in [-0.15, -0.1) is 11.3 Å². The summed E-state index contributed by atoms with van der Waals surface area (Å²) in [5.74, 6) is 0. The van der Waals surface area contributed by atoms with Gasteiger partial charge in [-0.2, -0.15) is 0 Å². The van der Waals surface area contributed by atoms with Crippen LogP contribution in [0.15, 0.2) is 15.9 Å². The molecule has 19 heavy (non-hydrogen) atoms. The fraction of sp³-hybridized carbons (Fsp3) is 0.615. The molecule has 0 aliphatic heterocycles. The molecule has 0 radical (unpaired) electrons. The van der Waals surface area contributed by atoms with Gasteiger partial charge in [0.15, 0.2) is 0 Å². The van der Waals surface area contributed by atoms with Gasteiger partial charge in [0, 0.05) is 22.4 Å². The van der Waals surface area contributed by atoms with Crippen LogP contribution < -0.4 is 10.6 Å². The highest BCUT2D eigenvalue weighted by atomic mass is 79.9. The molecular formula is C13H21BrN2O2S. The fourth-order valence-electron chi connectivity index (χ4n) is 1.37. The minimum Gasteiger partial charge on any atom is -0.444 e. The van der Waals surface area contributed by atoms with E-state index in [-0.39, 0.29) is 6.09 Å². The molecule has 0 aliphatic carbocycles. The SMILES string of the molecule is CC(C)(C)OC(=O)NCCCNCc1sccc1Br. The van der Waals surface area contributed by atoms with E-state index in [1.54, 1.807) is 11.3 Å². The smallest absolute Gasteiger partial charge is 0.407 e. The van der Waals surface area contributed by atoms with E-state index >= 15 is 0 Å². The van der Waals surface area contributed by atoms with E-state index in [1.165, 1.54) is 4.88 Å². The van der Waals surface area contributed by atoms with Gasteiger partial charge in [0.05, 0.1) is 0 Å². The van der Waals surface area contributed by atoms with Crippen molar-refractivity contribution in [2.24, 2.45) is 0 Å². The topological polar surface area (TPSA) is 50.4 Å². The van der Waals surface area contributed by atoms with Crippen molar-refractivity contribution in [3.05, 3.63) is 20.8 Å². The van der Waals surface area contributed by atoms with Crippen molar-refractivity contribution in [1.82, 2.24) is 10.6 Å². The number of hydrogen-bond donors (Lipinski definition) is 2. The summed E-state index contributed by atoms with van der Waals surface area (Å²) >= 11 is 5.22. The number of carbonyl (C=O) groups excluding carboxylic acids is 1. The molecule has 1 aromatic rings. The molecule has 1 heterocycles. The third kappa shape index (κ3) is 7.54. The number of hydrogen-bond acceptors (Lipinski definition) is 4. The first-order valence-electron chi connectivity index (χ1n) is 6.28. The van der Waals surface area contributed by atoms with Gasteiger partial charge in [-0.25, -0.2) is 4.79 Å². The quantitative estimate of drug-likeness (QED) is 0.773. The maximum atomic E-state index is 11.4. The first kappa shape index (κ1) is 16.5. The molecule has 0 unspecified atom stereocenters. The molecule has 1 amide bonds. The van der Waals surface area contributed by atoms with Crippen LogP contribution >= 0.6 is 27.3 Å². The van der Waals surface area contributed by atoms with Crippen LogP contribution in [0.2, 0.25) is 0 Å². The van der Waals surface area contributed by atoms with Gasteiger partial charge in [-0.05, 0) is 61.1 Å². The highest BCUT2D eigenvalue weighted by molar-refractivity contribution is 9.10. The first-order valence-corrected chi connectivity index (χ1v) is 7.95. The number of halogens is 1. The Morgan fingerprint density at radius 2 is 2.16 bits per heavy atom. The number of nitrogens with one attached hydrogen (secondary N) is 2. The zero-order valence-electron chi connectivity index (χ0n) is 11.6. The van der Waals surface area contributed by atoms with Crippen molar-refractivity contribution in [3.63, 3.8) is 0 Å². The predicted molar refractivity (Wildman–Crippen MR) is 82.6 cm³/mol. The highest BCUT2D eigenvalue weighted by Gasteiger charge is 2.15. The van der Waals surface area contributed by atoms with Gasteiger partial charge >= 0.3 is 6.09 Å². The number of ether oxygens (including phenoxy) is 1. The first-order chi connectivity index (χ1) is 8.88. The van der Waals surface area contributed by atoms with Crippen LogP contribution in [0.25, 0.3) is 0 Å². The molecule has 108 valence electrons. The van der Waals surface area contributed by atoms with E-state index in [0.29, 0.717) is 6.54 Å². The summed E-state index contributed by atoms with van der Waals surface area (Å²) in [6, 6.07) is 2.05. The summed E-state index contributed by atoms with van der Waals surface area (Å²) in [5.41, 5.74) is -0.437. The van der Waals surface area contributed by atoms with Gasteiger partial charge in [-0.1, -0.05) is 0 Å². The monoisotopic (exact) mass is 348 g/mol. The lowest BCUT2D eigenvalue weighted by atomic mass is 10.2. The van der Waals surface area contributed by atoms with Crippen LogP contribution in [0.3, 0.4) is 0 Å². The molecule has 0 bridgehead atoms. The Bertz CT molecular complexity index is 402. The molecule has 6 heteroatoms. The molecule has 1 aromatic heterocycles. The van der Waals surface area contributed by atoms with Crippen molar-refractivity contribution in [2.75, 3.05) is 13.1 Å². The molecule has 0 aromatic carbocycles. The van der Waals surface area contributed by atoms with E-state index in [4.69, 9.17) is 4.74 Å². The second kappa shape index (κ2) is 7.87. The second-order valence-corrected chi connectivity index (χ2v) is 7.01. The highest BCUT2D eigenvalue weighted by Crippen LogP contribution is 2.21. The maximum Gasteiger partial charge on any atom is 0.407 e. The number of carbonyl (C=O) groups is 1. The van der Waals surface area contributed by atoms with Crippen LogP contribution in [0, 0.1) is 0 Å². The minimum absolute atomic E-state index is 0.353. The molecular weight excluding hydrogens is 328 g/mol. The van der Waals surface area contributed by atoms with Crippen molar-refractivity contribution >= 4 is 33.4 Å². The minimum atomic E-state index is -0.437. The molecule has 0 spiro atoms. The Morgan fingerprint density at radius 3 is 2.74 bits per heavy atom. The van der Waals surface area contributed by atoms with Crippen LogP contribution in [0.5, 0.6) is 0 Å². The van der Waals surface area contributed by atoms with Crippen molar-refractivity contribution in [1.29, 1.82) is 0 Å². The third-order valence-corrected chi connectivity index (χ3v) is 4.10. The number of rotatable bonds is 6. The summed E-state index contributed by atoms with van der Waals surface area (Å²) in [5, 5.41) is 8.14. The van der Waals surface area contributed by atoms with Crippen LogP contribution in [-0.4, -0.2) is 24.8 Å². The molecule has 0 atom stereocenters. The van der Waals surface area contributed by atoms with Gasteiger partial charge < -0.3 is 15.4 Å². The van der Waals surface area contributed by atoms with Crippen LogP contribution in [0.4, 0.5) is 4.79 Å². The van der Waals surface area contributed by atoms with Gasteiger partial charge in [0.2, 0.25) is 0 Å². The second-order valence-electron chi connectivity index (χ2n) is 5.15. The van der Waals surface area contributed by atoms with Crippen molar-refractivity contribution in [3.8, 4) is 0 Å². The summed E-state index contributed by atoms with van der Waals surface area (Å²) < 4.78 is 6.29. The lowest BCUT2D eigenvalue weighted by molar-refractivity contribution is 0.0527. The Balaban J connectivity index is 2.03. The standard InChI is InChI=1S/C13H21BrN2O2S/c1-13(2,3)18-12(17)16-7-4-6-15-9-11-10(14)5-8-19-11/h5,8,15H,4,6-7,9H2,1-3H3,(H,16,17). The Kier molecular flexibility index (Phi) is 6.82. The van der Waals surface area contributed by atoms with Crippen LogP contribution in [-0.2, 0) is 11.3 Å². The average molecular weight is 349 g/mol. The van der Waals surface area contributed by atoms with E-state index < -0.39 is 5.60 Å². The van der Waals surface area contributed by atoms with Crippen molar-refractivity contribution in [2.45, 2.75) is 39.3 Å². The third-order valence-electron chi connectivity index (χ3n) is 2.18. The van der Waals surface area contributed by atoms with E-state index in [0.717, 1.165) is 24.0 Å². The van der Waals surface area contributed by atoms with Gasteiger partial charge in [0.1, 0.15) is 5.60 Å². The van der Waals surface area contributed by atoms with E-state index in [2.05, 4.69) is 31.9 Å². The summed E-state index contributed by atoms with van der Waals surface area (Å²) in [6.07, 6.45) is 0.524. The van der Waals surface area contributed by atoms with Crippen molar-refractivity contribution < 1.29 is 9.53 Å². The number of thiophene rings is 1. The molecule has 0 saturated carbocycles. The van der Waals surface area contributed by atoms with Gasteiger partial charge in [0.25, 0.3) is 0 Å². The van der Waals surface area contributed by atoms with Crippen LogP contribution in [0.1, 0.15) is 32.1 Å². The normalized spacial score (nSPS) is 11.4. The van der Waals surface area contributed by atoms with Gasteiger partial charge in [-0.3, -0.25) is 0 Å². The summed E-state index contributed by atoms with van der Waals surface area (Å²) in [6.45, 7) is 7.89. The summed E-state index contributed by atoms with van der Waals surface area (Å²) in [7, 11) is 0. The maximum absolute atomic E-state index is 11.4. The largest absolute Gasteiger partial charge is 0.444 e. The lowest BCUT2D eigenvalue weighted by Crippen LogP contribution is -2.33. The fourth-order valence-corrected chi connectivity index (χ4v) is 2.83. The number of alkyl carbamates (subject to hydrolysis) is 1. The number of amides is 1. The molecule has 0 saturated heterocycles. The Hall–Kier alpha value is -0.590. The Morgan fingerprint density at radius 1 is 1.42 bits per heavy atom.